The van der Waals surface area contributed by atoms with Gasteiger partial charge in [-0.1, -0.05) is 16.8 Å². The molecule has 0 radical (unpaired) electrons. The Morgan fingerprint density at radius 3 is 2.86 bits per heavy atom. The van der Waals surface area contributed by atoms with Crippen LogP contribution < -0.4 is 5.32 Å². The molecule has 3 rings (SSSR count). The lowest BCUT2D eigenvalue weighted by Crippen LogP contribution is -2.15. The molecule has 2 heterocycles. The Morgan fingerprint density at radius 2 is 2.14 bits per heavy atom. The normalized spacial score (nSPS) is 11.0. The molecule has 0 saturated heterocycles. The molecule has 1 N–H and O–H groups in total. The second kappa shape index (κ2) is 6.25. The molecule has 22 heavy (non-hydrogen) atoms. The summed E-state index contributed by atoms with van der Waals surface area (Å²) in [5.74, 6) is -0.455. The maximum absolute atomic E-state index is 13.2. The summed E-state index contributed by atoms with van der Waals surface area (Å²) in [5.41, 5.74) is 2.53. The van der Waals surface area contributed by atoms with Crippen molar-refractivity contribution < 1.29 is 4.39 Å². The lowest BCUT2D eigenvalue weighted by atomic mass is 10.3. The quantitative estimate of drug-likeness (QED) is 0.782. The zero-order chi connectivity index (χ0) is 15.5. The van der Waals surface area contributed by atoms with Crippen LogP contribution in [0.4, 0.5) is 4.39 Å². The second-order valence-corrected chi connectivity index (χ2v) is 5.21. The molecule has 0 bridgehead atoms. The van der Waals surface area contributed by atoms with Gasteiger partial charge in [0.05, 0.1) is 28.3 Å². The average molecular weight is 321 g/mol. The zero-order valence-electron chi connectivity index (χ0n) is 11.9. The Bertz CT molecular complexity index is 781. The molecule has 2 aromatic heterocycles. The number of aryl methyl sites for hydroxylation is 1. The molecule has 0 atom stereocenters. The van der Waals surface area contributed by atoms with Gasteiger partial charge < -0.3 is 5.32 Å². The molecule has 8 heteroatoms. The van der Waals surface area contributed by atoms with Crippen LogP contribution in [0.3, 0.4) is 0 Å². The van der Waals surface area contributed by atoms with Crippen LogP contribution in [-0.4, -0.2) is 24.8 Å². The van der Waals surface area contributed by atoms with E-state index in [1.54, 1.807) is 23.1 Å². The largest absolute Gasteiger partial charge is 0.305 e. The third kappa shape index (κ3) is 3.15. The third-order valence-electron chi connectivity index (χ3n) is 3.24. The molecule has 0 aliphatic heterocycles. The van der Waals surface area contributed by atoms with Gasteiger partial charge in [-0.25, -0.2) is 9.07 Å². The lowest BCUT2D eigenvalue weighted by Gasteiger charge is -2.03. The van der Waals surface area contributed by atoms with Crippen LogP contribution in [0.1, 0.15) is 11.4 Å². The van der Waals surface area contributed by atoms with Gasteiger partial charge in [0.15, 0.2) is 0 Å². The Labute approximate surface area is 131 Å². The molecule has 114 valence electrons. The highest BCUT2D eigenvalue weighted by atomic mass is 35.5. The first-order chi connectivity index (χ1) is 10.6. The fourth-order valence-electron chi connectivity index (χ4n) is 2.03. The van der Waals surface area contributed by atoms with Gasteiger partial charge in [-0.15, -0.1) is 5.10 Å². The van der Waals surface area contributed by atoms with Gasteiger partial charge >= 0.3 is 0 Å². The minimum absolute atomic E-state index is 0.0592. The van der Waals surface area contributed by atoms with E-state index in [1.807, 2.05) is 17.8 Å². The highest BCUT2D eigenvalue weighted by Crippen LogP contribution is 2.18. The maximum Gasteiger partial charge on any atom is 0.141 e. The number of benzene rings is 1. The van der Waals surface area contributed by atoms with Crippen molar-refractivity contribution in [2.45, 2.75) is 13.1 Å². The van der Waals surface area contributed by atoms with Crippen molar-refractivity contribution >= 4 is 11.6 Å². The van der Waals surface area contributed by atoms with E-state index in [2.05, 4.69) is 20.7 Å². The second-order valence-electron chi connectivity index (χ2n) is 4.80. The van der Waals surface area contributed by atoms with Gasteiger partial charge in [-0.05, 0) is 24.3 Å². The monoisotopic (exact) mass is 320 g/mol. The summed E-state index contributed by atoms with van der Waals surface area (Å²) in [6.45, 7) is 1.26. The van der Waals surface area contributed by atoms with Gasteiger partial charge in [0.25, 0.3) is 0 Å². The van der Waals surface area contributed by atoms with Crippen molar-refractivity contribution in [3.8, 4) is 5.69 Å². The molecule has 0 aliphatic carbocycles. The van der Waals surface area contributed by atoms with Crippen molar-refractivity contribution in [3.63, 3.8) is 0 Å². The van der Waals surface area contributed by atoms with Crippen molar-refractivity contribution in [1.82, 2.24) is 30.1 Å². The SMILES string of the molecule is Cn1nccc1CNCc1cn(-c2ccc(F)c(Cl)c2)nn1. The van der Waals surface area contributed by atoms with Crippen LogP contribution in [0.25, 0.3) is 5.69 Å². The van der Waals surface area contributed by atoms with Crippen LogP contribution in [0, 0.1) is 5.82 Å². The number of hydrogen-bond acceptors (Lipinski definition) is 4. The third-order valence-corrected chi connectivity index (χ3v) is 3.53. The minimum atomic E-state index is -0.455. The van der Waals surface area contributed by atoms with Gasteiger partial charge in [-0.3, -0.25) is 4.68 Å². The maximum atomic E-state index is 13.2. The van der Waals surface area contributed by atoms with Crippen LogP contribution in [0.15, 0.2) is 36.7 Å². The highest BCUT2D eigenvalue weighted by molar-refractivity contribution is 6.30. The minimum Gasteiger partial charge on any atom is -0.305 e. The molecule has 0 amide bonds. The number of rotatable bonds is 5. The molecule has 0 fully saturated rings. The summed E-state index contributed by atoms with van der Waals surface area (Å²) in [6.07, 6.45) is 3.53. The van der Waals surface area contributed by atoms with Crippen LogP contribution >= 0.6 is 11.6 Å². The van der Waals surface area contributed by atoms with Crippen LogP contribution in [-0.2, 0) is 20.1 Å². The number of halogens is 2. The average Bonchev–Trinajstić information content (AvgIpc) is 3.12. The van der Waals surface area contributed by atoms with Gasteiger partial charge in [0, 0.05) is 26.3 Å². The number of nitrogens with one attached hydrogen (secondary N) is 1. The summed E-state index contributed by atoms with van der Waals surface area (Å²) in [7, 11) is 1.89. The van der Waals surface area contributed by atoms with Crippen LogP contribution in [0.5, 0.6) is 0 Å². The molecule has 0 aliphatic rings. The van der Waals surface area contributed by atoms with E-state index in [1.165, 1.54) is 12.1 Å². The van der Waals surface area contributed by atoms with Gasteiger partial charge in [-0.2, -0.15) is 5.10 Å². The molecule has 3 aromatic rings. The Kier molecular flexibility index (Phi) is 4.17. The molecular formula is C14H14ClFN6. The van der Waals surface area contributed by atoms with E-state index in [0.29, 0.717) is 18.8 Å². The first-order valence-corrected chi connectivity index (χ1v) is 7.05. The zero-order valence-corrected chi connectivity index (χ0v) is 12.6. The highest BCUT2D eigenvalue weighted by Gasteiger charge is 2.06. The summed E-state index contributed by atoms with van der Waals surface area (Å²) in [6, 6.07) is 6.37. The van der Waals surface area contributed by atoms with E-state index in [0.717, 1.165) is 11.4 Å². The van der Waals surface area contributed by atoms with E-state index < -0.39 is 5.82 Å². The van der Waals surface area contributed by atoms with Gasteiger partial charge in [0.2, 0.25) is 0 Å². The van der Waals surface area contributed by atoms with Crippen molar-refractivity contribution in [3.05, 3.63) is 58.9 Å². The lowest BCUT2D eigenvalue weighted by molar-refractivity contribution is 0.619. The Hall–Kier alpha value is -2.25. The number of nitrogens with zero attached hydrogens (tertiary/aromatic N) is 5. The van der Waals surface area contributed by atoms with Gasteiger partial charge in [0.1, 0.15) is 5.82 Å². The summed E-state index contributed by atoms with van der Waals surface area (Å²) < 4.78 is 16.5. The van der Waals surface area contributed by atoms with E-state index in [-0.39, 0.29) is 5.02 Å². The molecule has 0 saturated carbocycles. The molecule has 6 nitrogen and oxygen atoms in total. The Balaban J connectivity index is 1.63. The fourth-order valence-corrected chi connectivity index (χ4v) is 2.20. The number of hydrogen-bond donors (Lipinski definition) is 1. The molecule has 0 unspecified atom stereocenters. The fraction of sp³-hybridized carbons (Fsp3) is 0.214. The van der Waals surface area contributed by atoms with Crippen molar-refractivity contribution in [2.75, 3.05) is 0 Å². The van der Waals surface area contributed by atoms with Crippen LogP contribution in [0.2, 0.25) is 5.02 Å². The van der Waals surface area contributed by atoms with E-state index in [4.69, 9.17) is 11.6 Å². The first kappa shape index (κ1) is 14.7. The summed E-state index contributed by atoms with van der Waals surface area (Å²) >= 11 is 5.77. The number of aromatic nitrogens is 5. The van der Waals surface area contributed by atoms with E-state index >= 15 is 0 Å². The summed E-state index contributed by atoms with van der Waals surface area (Å²) in [4.78, 5) is 0. The smallest absolute Gasteiger partial charge is 0.141 e. The molecular weight excluding hydrogens is 307 g/mol. The molecule has 0 spiro atoms. The Morgan fingerprint density at radius 1 is 1.27 bits per heavy atom. The standard InChI is InChI=1S/C14H14ClFN6/c1-21-12(4-5-18-21)8-17-7-10-9-22(20-19-10)11-2-3-14(16)13(15)6-11/h2-6,9,17H,7-8H2,1H3. The topological polar surface area (TPSA) is 60.6 Å². The van der Waals surface area contributed by atoms with Crippen molar-refractivity contribution in [1.29, 1.82) is 0 Å². The van der Waals surface area contributed by atoms with Crippen molar-refractivity contribution in [2.24, 2.45) is 7.05 Å². The molecule has 1 aromatic carbocycles. The predicted octanol–water partition coefficient (Wildman–Crippen LogP) is 2.08. The first-order valence-electron chi connectivity index (χ1n) is 6.68. The predicted molar refractivity (Wildman–Crippen MR) is 80.1 cm³/mol. The summed E-state index contributed by atoms with van der Waals surface area (Å²) in [5, 5.41) is 15.5. The van der Waals surface area contributed by atoms with E-state index in [9.17, 15) is 4.39 Å².